The van der Waals surface area contributed by atoms with Crippen molar-refractivity contribution in [2.45, 2.75) is 45.7 Å². The van der Waals surface area contributed by atoms with Crippen molar-refractivity contribution in [3.05, 3.63) is 35.9 Å². The zero-order chi connectivity index (χ0) is 15.6. The van der Waals surface area contributed by atoms with Crippen molar-refractivity contribution in [1.82, 2.24) is 0 Å². The lowest BCUT2D eigenvalue weighted by molar-refractivity contribution is 0.0703. The summed E-state index contributed by atoms with van der Waals surface area (Å²) in [5, 5.41) is 0. The van der Waals surface area contributed by atoms with Gasteiger partial charge in [0.2, 0.25) is 0 Å². The van der Waals surface area contributed by atoms with Crippen molar-refractivity contribution >= 4 is 8.80 Å². The van der Waals surface area contributed by atoms with Gasteiger partial charge in [-0.25, -0.2) is 0 Å². The van der Waals surface area contributed by atoms with Crippen LogP contribution in [-0.2, 0) is 19.7 Å². The Balaban J connectivity index is 2.54. The van der Waals surface area contributed by atoms with Crippen molar-refractivity contribution in [2.75, 3.05) is 19.8 Å². The van der Waals surface area contributed by atoms with Gasteiger partial charge in [0.25, 0.3) is 0 Å². The van der Waals surface area contributed by atoms with E-state index in [1.165, 1.54) is 5.56 Å². The molecule has 0 fully saturated rings. The number of rotatable bonds is 11. The first-order valence-electron chi connectivity index (χ1n) is 7.87. The molecule has 1 aromatic carbocycles. The van der Waals surface area contributed by atoms with Crippen molar-refractivity contribution < 1.29 is 13.3 Å². The normalized spacial score (nSPS) is 13.3. The molecule has 0 radical (unpaired) electrons. The summed E-state index contributed by atoms with van der Waals surface area (Å²) in [5.41, 5.74) is 7.52. The average Bonchev–Trinajstić information content (AvgIpc) is 2.47. The summed E-state index contributed by atoms with van der Waals surface area (Å²) in [6.45, 7) is 7.76. The molecule has 0 aliphatic carbocycles. The van der Waals surface area contributed by atoms with Crippen LogP contribution >= 0.6 is 0 Å². The van der Waals surface area contributed by atoms with Crippen LogP contribution in [0.2, 0.25) is 6.04 Å². The van der Waals surface area contributed by atoms with Crippen LogP contribution in [0.25, 0.3) is 0 Å². The van der Waals surface area contributed by atoms with E-state index in [-0.39, 0.29) is 6.04 Å². The average molecular weight is 311 g/mol. The minimum Gasteiger partial charge on any atom is -0.374 e. The Kier molecular flexibility index (Phi) is 8.80. The van der Waals surface area contributed by atoms with Gasteiger partial charge in [-0.2, -0.15) is 0 Å². The summed E-state index contributed by atoms with van der Waals surface area (Å²) in [6, 6.07) is 11.2. The van der Waals surface area contributed by atoms with Gasteiger partial charge in [0.1, 0.15) is 0 Å². The molecule has 1 atom stereocenters. The first kappa shape index (κ1) is 18.3. The molecule has 0 aliphatic heterocycles. The molecule has 1 unspecified atom stereocenters. The fraction of sp³-hybridized carbons (Fsp3) is 0.625. The molecule has 0 amide bonds. The second-order valence-corrected chi connectivity index (χ2v) is 7.70. The Morgan fingerprint density at radius 2 is 1.48 bits per heavy atom. The molecule has 2 N–H and O–H groups in total. The molecule has 21 heavy (non-hydrogen) atoms. The molecule has 0 spiro atoms. The maximum absolute atomic E-state index is 6.26. The second-order valence-electron chi connectivity index (χ2n) is 4.97. The SMILES string of the molecule is CCO[Si](CCC(N)Cc1ccccc1)(OCC)OCC. The molecule has 1 rings (SSSR count). The molecule has 0 heterocycles. The second kappa shape index (κ2) is 10.1. The molecule has 4 nitrogen and oxygen atoms in total. The van der Waals surface area contributed by atoms with Crippen LogP contribution in [0.1, 0.15) is 32.8 Å². The van der Waals surface area contributed by atoms with Crippen LogP contribution in [-0.4, -0.2) is 34.7 Å². The molecule has 120 valence electrons. The van der Waals surface area contributed by atoms with Crippen LogP contribution in [0.3, 0.4) is 0 Å². The van der Waals surface area contributed by atoms with Gasteiger partial charge in [-0.15, -0.1) is 0 Å². The fourth-order valence-corrected chi connectivity index (χ4v) is 5.11. The number of nitrogens with two attached hydrogens (primary N) is 1. The third-order valence-electron chi connectivity index (χ3n) is 3.25. The van der Waals surface area contributed by atoms with Gasteiger partial charge in [0.15, 0.2) is 0 Å². The molecule has 0 saturated carbocycles. The monoisotopic (exact) mass is 311 g/mol. The van der Waals surface area contributed by atoms with Crippen LogP contribution in [0.4, 0.5) is 0 Å². The van der Waals surface area contributed by atoms with E-state index in [9.17, 15) is 0 Å². The van der Waals surface area contributed by atoms with Gasteiger partial charge < -0.3 is 19.0 Å². The van der Waals surface area contributed by atoms with Crippen molar-refractivity contribution in [2.24, 2.45) is 5.73 Å². The highest BCUT2D eigenvalue weighted by Gasteiger charge is 2.40. The standard InChI is InChI=1S/C16H29NO3Si/c1-4-18-21(19-5-2,20-6-3)13-12-16(17)14-15-10-8-7-9-11-15/h7-11,16H,4-6,12-14,17H2,1-3H3. The van der Waals surface area contributed by atoms with E-state index in [1.807, 2.05) is 39.0 Å². The lowest BCUT2D eigenvalue weighted by Gasteiger charge is -2.29. The summed E-state index contributed by atoms with van der Waals surface area (Å²) >= 11 is 0. The molecular weight excluding hydrogens is 282 g/mol. The van der Waals surface area contributed by atoms with Crippen molar-refractivity contribution in [1.29, 1.82) is 0 Å². The van der Waals surface area contributed by atoms with E-state index in [2.05, 4.69) is 12.1 Å². The lowest BCUT2D eigenvalue weighted by atomic mass is 10.1. The maximum atomic E-state index is 6.26. The van der Waals surface area contributed by atoms with Crippen molar-refractivity contribution in [3.63, 3.8) is 0 Å². The van der Waals surface area contributed by atoms with Gasteiger partial charge in [-0.3, -0.25) is 0 Å². The Hall–Kier alpha value is -0.723. The Bertz CT molecular complexity index is 358. The summed E-state index contributed by atoms with van der Waals surface area (Å²) in [5.74, 6) is 0. The van der Waals surface area contributed by atoms with E-state index >= 15 is 0 Å². The minimum absolute atomic E-state index is 0.0978. The van der Waals surface area contributed by atoms with Crippen LogP contribution < -0.4 is 5.73 Å². The molecule has 0 aromatic heterocycles. The molecule has 0 bridgehead atoms. The highest BCUT2D eigenvalue weighted by Crippen LogP contribution is 2.20. The highest BCUT2D eigenvalue weighted by atomic mass is 28.4. The minimum atomic E-state index is -2.56. The van der Waals surface area contributed by atoms with Crippen molar-refractivity contribution in [3.8, 4) is 0 Å². The molecule has 1 aromatic rings. The molecule has 5 heteroatoms. The van der Waals surface area contributed by atoms with Gasteiger partial charge in [0, 0.05) is 31.9 Å². The quantitative estimate of drug-likeness (QED) is 0.638. The van der Waals surface area contributed by atoms with Gasteiger partial charge in [0.05, 0.1) is 0 Å². The van der Waals surface area contributed by atoms with E-state index in [1.54, 1.807) is 0 Å². The Labute approximate surface area is 130 Å². The predicted octanol–water partition coefficient (Wildman–Crippen LogP) is 2.99. The van der Waals surface area contributed by atoms with Crippen LogP contribution in [0.5, 0.6) is 0 Å². The number of hydrogen-bond acceptors (Lipinski definition) is 4. The van der Waals surface area contributed by atoms with E-state index in [0.29, 0.717) is 19.8 Å². The van der Waals surface area contributed by atoms with Gasteiger partial charge in [-0.05, 0) is 39.2 Å². The van der Waals surface area contributed by atoms with E-state index < -0.39 is 8.80 Å². The molecule has 0 saturated heterocycles. The highest BCUT2D eigenvalue weighted by molar-refractivity contribution is 6.60. The summed E-state index contributed by atoms with van der Waals surface area (Å²) in [7, 11) is -2.56. The smallest absolute Gasteiger partial charge is 0.374 e. The number of benzene rings is 1. The fourth-order valence-electron chi connectivity index (χ4n) is 2.38. The summed E-state index contributed by atoms with van der Waals surface area (Å²) in [4.78, 5) is 0. The van der Waals surface area contributed by atoms with Crippen LogP contribution in [0.15, 0.2) is 30.3 Å². The summed E-state index contributed by atoms with van der Waals surface area (Å²) in [6.07, 6.45) is 1.72. The van der Waals surface area contributed by atoms with Gasteiger partial charge >= 0.3 is 8.80 Å². The third kappa shape index (κ3) is 6.71. The first-order valence-corrected chi connectivity index (χ1v) is 9.80. The Morgan fingerprint density at radius 1 is 0.952 bits per heavy atom. The largest absolute Gasteiger partial charge is 0.500 e. The zero-order valence-electron chi connectivity index (χ0n) is 13.5. The lowest BCUT2D eigenvalue weighted by Crippen LogP contribution is -2.47. The molecule has 0 aliphatic rings. The molecular formula is C16H29NO3Si. The Morgan fingerprint density at radius 3 is 1.95 bits per heavy atom. The topological polar surface area (TPSA) is 53.7 Å². The maximum Gasteiger partial charge on any atom is 0.500 e. The third-order valence-corrected chi connectivity index (χ3v) is 6.34. The predicted molar refractivity (Wildman–Crippen MR) is 88.2 cm³/mol. The van der Waals surface area contributed by atoms with Crippen LogP contribution in [0, 0.1) is 0 Å². The zero-order valence-corrected chi connectivity index (χ0v) is 14.5. The first-order chi connectivity index (χ1) is 10.2. The van der Waals surface area contributed by atoms with E-state index in [0.717, 1.165) is 18.9 Å². The number of hydrogen-bond donors (Lipinski definition) is 1. The summed E-state index contributed by atoms with van der Waals surface area (Å²) < 4.78 is 17.5. The van der Waals surface area contributed by atoms with E-state index in [4.69, 9.17) is 19.0 Å². The van der Waals surface area contributed by atoms with Gasteiger partial charge in [-0.1, -0.05) is 30.3 Å².